The van der Waals surface area contributed by atoms with Crippen LogP contribution in [0.5, 0.6) is 5.75 Å². The fourth-order valence-electron chi connectivity index (χ4n) is 4.68. The van der Waals surface area contributed by atoms with Crippen molar-refractivity contribution in [3.8, 4) is 16.9 Å². The van der Waals surface area contributed by atoms with Crippen molar-refractivity contribution in [2.24, 2.45) is 0 Å². The summed E-state index contributed by atoms with van der Waals surface area (Å²) in [6.45, 7) is 2.27. The molecule has 0 saturated heterocycles. The van der Waals surface area contributed by atoms with Gasteiger partial charge < -0.3 is 4.74 Å². The maximum atomic E-state index is 12.7. The second kappa shape index (κ2) is 15.8. The largest absolute Gasteiger partial charge is 0.497 e. The zero-order valence-electron chi connectivity index (χ0n) is 22.6. The molecule has 3 rings (SSSR count). The lowest BCUT2D eigenvalue weighted by molar-refractivity contribution is 0.0894. The van der Waals surface area contributed by atoms with E-state index in [4.69, 9.17) is 4.74 Å². The molecular weight excluding hydrogens is 456 g/mol. The molecule has 0 heterocycles. The van der Waals surface area contributed by atoms with Crippen molar-refractivity contribution in [3.63, 3.8) is 0 Å². The molecule has 0 saturated carbocycles. The van der Waals surface area contributed by atoms with Gasteiger partial charge in [-0.1, -0.05) is 125 Å². The van der Waals surface area contributed by atoms with Crippen LogP contribution in [0.25, 0.3) is 11.1 Å². The van der Waals surface area contributed by atoms with Crippen LogP contribution in [0.4, 0.5) is 0 Å². The van der Waals surface area contributed by atoms with Gasteiger partial charge in [0.2, 0.25) is 0 Å². The minimum absolute atomic E-state index is 0.153. The highest BCUT2D eigenvalue weighted by Gasteiger charge is 2.14. The van der Waals surface area contributed by atoms with Gasteiger partial charge in [-0.15, -0.1) is 0 Å². The summed E-state index contributed by atoms with van der Waals surface area (Å²) >= 11 is 0. The molecule has 3 heteroatoms. The summed E-state index contributed by atoms with van der Waals surface area (Å²) < 4.78 is 5.17. The van der Waals surface area contributed by atoms with Gasteiger partial charge in [-0.3, -0.25) is 9.59 Å². The third-order valence-electron chi connectivity index (χ3n) is 7.03. The standard InChI is InChI=1S/C34H42O3/c1-3-4-5-6-7-8-9-10-11-12-14-27-17-19-28(20-18-27)29-21-23-30(24-22-29)33(35)26-34(36)31-15-13-16-32(25-31)37-2/h13,15-25H,3-12,14,26H2,1-2H3. The first-order valence-corrected chi connectivity index (χ1v) is 14.0. The third-order valence-corrected chi connectivity index (χ3v) is 7.03. The average molecular weight is 499 g/mol. The molecule has 0 radical (unpaired) electrons. The Morgan fingerprint density at radius 2 is 1.16 bits per heavy atom. The van der Waals surface area contributed by atoms with E-state index in [1.165, 1.54) is 69.8 Å². The Kier molecular flexibility index (Phi) is 12.1. The molecule has 37 heavy (non-hydrogen) atoms. The number of ether oxygens (including phenoxy) is 1. The van der Waals surface area contributed by atoms with Gasteiger partial charge in [0.15, 0.2) is 11.6 Å². The van der Waals surface area contributed by atoms with Crippen LogP contribution in [-0.4, -0.2) is 18.7 Å². The Hall–Kier alpha value is -3.20. The molecule has 0 N–H and O–H groups in total. The molecular formula is C34H42O3. The van der Waals surface area contributed by atoms with Crippen molar-refractivity contribution in [2.45, 2.75) is 84.0 Å². The lowest BCUT2D eigenvalue weighted by Crippen LogP contribution is -2.08. The van der Waals surface area contributed by atoms with Gasteiger partial charge in [0, 0.05) is 11.1 Å². The summed E-state index contributed by atoms with van der Waals surface area (Å²) in [5.41, 5.74) is 4.63. The fraction of sp³-hybridized carbons (Fsp3) is 0.412. The first-order valence-electron chi connectivity index (χ1n) is 14.0. The van der Waals surface area contributed by atoms with E-state index in [-0.39, 0.29) is 18.0 Å². The van der Waals surface area contributed by atoms with Gasteiger partial charge in [0.25, 0.3) is 0 Å². The molecule has 0 aliphatic rings. The van der Waals surface area contributed by atoms with Crippen molar-refractivity contribution in [1.82, 2.24) is 0 Å². The zero-order valence-corrected chi connectivity index (χ0v) is 22.6. The summed E-state index contributed by atoms with van der Waals surface area (Å²) in [6, 6.07) is 23.2. The number of benzene rings is 3. The zero-order chi connectivity index (χ0) is 26.3. The Morgan fingerprint density at radius 1 is 0.622 bits per heavy atom. The molecule has 196 valence electrons. The predicted octanol–water partition coefficient (Wildman–Crippen LogP) is 9.28. The summed E-state index contributed by atoms with van der Waals surface area (Å²) in [6.07, 6.45) is 14.6. The molecule has 0 aliphatic carbocycles. The smallest absolute Gasteiger partial charge is 0.170 e. The molecule has 0 aliphatic heterocycles. The number of unbranched alkanes of at least 4 members (excludes halogenated alkanes) is 9. The third kappa shape index (κ3) is 9.64. The second-order valence-electron chi connectivity index (χ2n) is 9.96. The predicted molar refractivity (Wildman–Crippen MR) is 154 cm³/mol. The molecule has 0 fully saturated rings. The molecule has 0 bridgehead atoms. The molecule has 0 amide bonds. The molecule has 0 unspecified atom stereocenters. The minimum atomic E-state index is -0.203. The van der Waals surface area contributed by atoms with E-state index in [0.717, 1.165) is 17.5 Å². The average Bonchev–Trinajstić information content (AvgIpc) is 2.94. The van der Waals surface area contributed by atoms with E-state index in [9.17, 15) is 9.59 Å². The SMILES string of the molecule is CCCCCCCCCCCCc1ccc(-c2ccc(C(=O)CC(=O)c3cccc(OC)c3)cc2)cc1. The Morgan fingerprint density at radius 3 is 1.76 bits per heavy atom. The topological polar surface area (TPSA) is 43.4 Å². The van der Waals surface area contributed by atoms with Crippen LogP contribution in [0.15, 0.2) is 72.8 Å². The van der Waals surface area contributed by atoms with Gasteiger partial charge in [0.1, 0.15) is 5.75 Å². The Balaban J connectivity index is 1.41. The van der Waals surface area contributed by atoms with Crippen LogP contribution >= 0.6 is 0 Å². The van der Waals surface area contributed by atoms with Gasteiger partial charge >= 0.3 is 0 Å². The molecule has 3 aromatic rings. The lowest BCUT2D eigenvalue weighted by atomic mass is 9.97. The highest BCUT2D eigenvalue weighted by Crippen LogP contribution is 2.22. The van der Waals surface area contributed by atoms with Crippen molar-refractivity contribution >= 4 is 11.6 Å². The molecule has 3 nitrogen and oxygen atoms in total. The highest BCUT2D eigenvalue weighted by molar-refractivity contribution is 6.13. The molecule has 0 aromatic heterocycles. The van der Waals surface area contributed by atoms with Gasteiger partial charge in [-0.25, -0.2) is 0 Å². The number of carbonyl (C=O) groups excluding carboxylic acids is 2. The maximum Gasteiger partial charge on any atom is 0.170 e. The molecule has 0 atom stereocenters. The second-order valence-corrected chi connectivity index (χ2v) is 9.96. The first-order chi connectivity index (χ1) is 18.1. The van der Waals surface area contributed by atoms with Gasteiger partial charge in [-0.05, 0) is 41.7 Å². The number of aryl methyl sites for hydroxylation is 1. The van der Waals surface area contributed by atoms with Crippen LogP contribution < -0.4 is 4.74 Å². The van der Waals surface area contributed by atoms with E-state index < -0.39 is 0 Å². The Bertz CT molecular complexity index is 1100. The van der Waals surface area contributed by atoms with Crippen molar-refractivity contribution in [3.05, 3.63) is 89.5 Å². The number of methoxy groups -OCH3 is 1. The van der Waals surface area contributed by atoms with Crippen molar-refractivity contribution in [1.29, 1.82) is 0 Å². The lowest BCUT2D eigenvalue weighted by Gasteiger charge is -2.07. The van der Waals surface area contributed by atoms with Crippen LogP contribution in [0.1, 0.15) is 104 Å². The highest BCUT2D eigenvalue weighted by atomic mass is 16.5. The number of hydrogen-bond donors (Lipinski definition) is 0. The first kappa shape index (κ1) is 28.4. The van der Waals surface area contributed by atoms with E-state index in [2.05, 4.69) is 31.2 Å². The fourth-order valence-corrected chi connectivity index (χ4v) is 4.68. The van der Waals surface area contributed by atoms with Gasteiger partial charge in [0.05, 0.1) is 13.5 Å². The number of Topliss-reactive ketones (excluding diaryl/α,β-unsaturated/α-hetero) is 2. The van der Waals surface area contributed by atoms with Crippen LogP contribution in [0.3, 0.4) is 0 Å². The maximum absolute atomic E-state index is 12.7. The monoisotopic (exact) mass is 498 g/mol. The van der Waals surface area contributed by atoms with Crippen molar-refractivity contribution < 1.29 is 14.3 Å². The van der Waals surface area contributed by atoms with Crippen molar-refractivity contribution in [2.75, 3.05) is 7.11 Å². The summed E-state index contributed by atoms with van der Waals surface area (Å²) in [7, 11) is 1.56. The van der Waals surface area contributed by atoms with Crippen LogP contribution in [0, 0.1) is 0 Å². The number of hydrogen-bond acceptors (Lipinski definition) is 3. The summed E-state index contributed by atoms with van der Waals surface area (Å²) in [4.78, 5) is 25.2. The number of rotatable bonds is 17. The van der Waals surface area contributed by atoms with E-state index in [1.807, 2.05) is 24.3 Å². The van der Waals surface area contributed by atoms with Gasteiger partial charge in [-0.2, -0.15) is 0 Å². The quantitative estimate of drug-likeness (QED) is 0.106. The number of carbonyl (C=O) groups is 2. The normalized spacial score (nSPS) is 10.9. The van der Waals surface area contributed by atoms with E-state index in [1.54, 1.807) is 31.4 Å². The Labute approximate surface area is 223 Å². The molecule has 0 spiro atoms. The summed E-state index contributed by atoms with van der Waals surface area (Å²) in [5.74, 6) is 0.231. The number of ketones is 2. The van der Waals surface area contributed by atoms with Crippen LogP contribution in [-0.2, 0) is 6.42 Å². The van der Waals surface area contributed by atoms with Crippen LogP contribution in [0.2, 0.25) is 0 Å². The molecule has 3 aromatic carbocycles. The van der Waals surface area contributed by atoms with E-state index in [0.29, 0.717) is 16.9 Å². The minimum Gasteiger partial charge on any atom is -0.497 e. The summed E-state index contributed by atoms with van der Waals surface area (Å²) in [5, 5.41) is 0. The van der Waals surface area contributed by atoms with E-state index >= 15 is 0 Å².